The normalized spacial score (nSPS) is 17.2. The predicted molar refractivity (Wildman–Crippen MR) is 74.6 cm³/mol. The van der Waals surface area contributed by atoms with Gasteiger partial charge in [0, 0.05) is 11.6 Å². The van der Waals surface area contributed by atoms with Crippen LogP contribution in [0.25, 0.3) is 6.08 Å². The van der Waals surface area contributed by atoms with Crippen molar-refractivity contribution in [3.63, 3.8) is 0 Å². The summed E-state index contributed by atoms with van der Waals surface area (Å²) in [7, 11) is 0. The highest BCUT2D eigenvalue weighted by Crippen LogP contribution is 2.16. The molecule has 1 heterocycles. The first-order valence-corrected chi connectivity index (χ1v) is 6.59. The van der Waals surface area contributed by atoms with Gasteiger partial charge in [-0.05, 0) is 30.2 Å². The Balaban J connectivity index is 2.16. The Morgan fingerprint density at radius 3 is 2.58 bits per heavy atom. The summed E-state index contributed by atoms with van der Waals surface area (Å²) in [6.45, 7) is 2.47. The van der Waals surface area contributed by atoms with Crippen molar-refractivity contribution < 1.29 is 9.59 Å². The number of amides is 3. The number of imide groups is 1. The maximum atomic E-state index is 12.0. The van der Waals surface area contributed by atoms with Gasteiger partial charge in [-0.3, -0.25) is 9.69 Å². The van der Waals surface area contributed by atoms with Crippen LogP contribution in [0.2, 0.25) is 5.02 Å². The van der Waals surface area contributed by atoms with Crippen LogP contribution < -0.4 is 5.32 Å². The zero-order chi connectivity index (χ0) is 13.8. The summed E-state index contributed by atoms with van der Waals surface area (Å²) in [5, 5.41) is 3.22. The second-order valence-corrected chi connectivity index (χ2v) is 4.79. The average Bonchev–Trinajstić information content (AvgIpc) is 2.65. The molecule has 3 amide bonds. The van der Waals surface area contributed by atoms with Crippen LogP contribution in [0.4, 0.5) is 4.79 Å². The lowest BCUT2D eigenvalue weighted by Crippen LogP contribution is -2.31. The Labute approximate surface area is 117 Å². The van der Waals surface area contributed by atoms with Crippen LogP contribution in [-0.4, -0.2) is 23.4 Å². The van der Waals surface area contributed by atoms with E-state index in [0.29, 0.717) is 17.3 Å². The Morgan fingerprint density at radius 1 is 1.26 bits per heavy atom. The Hall–Kier alpha value is -1.81. The van der Waals surface area contributed by atoms with Crippen molar-refractivity contribution >= 4 is 29.6 Å². The van der Waals surface area contributed by atoms with Crippen molar-refractivity contribution in [3.05, 3.63) is 40.5 Å². The van der Waals surface area contributed by atoms with Gasteiger partial charge in [-0.25, -0.2) is 4.79 Å². The summed E-state index contributed by atoms with van der Waals surface area (Å²) >= 11 is 5.79. The summed E-state index contributed by atoms with van der Waals surface area (Å²) in [6, 6.07) is 6.72. The average molecular weight is 279 g/mol. The van der Waals surface area contributed by atoms with E-state index < -0.39 is 0 Å². The number of benzene rings is 1. The fraction of sp³-hybridized carbons (Fsp3) is 0.286. The lowest BCUT2D eigenvalue weighted by atomic mass is 10.2. The second-order valence-electron chi connectivity index (χ2n) is 4.35. The molecule has 1 aromatic rings. The summed E-state index contributed by atoms with van der Waals surface area (Å²) in [6.07, 6.45) is 3.41. The van der Waals surface area contributed by atoms with E-state index in [-0.39, 0.29) is 11.9 Å². The molecule has 0 atom stereocenters. The molecule has 1 N–H and O–H groups in total. The molecule has 19 heavy (non-hydrogen) atoms. The fourth-order valence-corrected chi connectivity index (χ4v) is 1.94. The minimum absolute atomic E-state index is 0.270. The maximum absolute atomic E-state index is 12.0. The van der Waals surface area contributed by atoms with Crippen LogP contribution in [0.3, 0.4) is 0 Å². The molecule has 1 fully saturated rings. The molecular weight excluding hydrogens is 264 g/mol. The number of halogens is 1. The molecule has 4 nitrogen and oxygen atoms in total. The van der Waals surface area contributed by atoms with E-state index in [1.54, 1.807) is 30.3 Å². The van der Waals surface area contributed by atoms with E-state index in [9.17, 15) is 9.59 Å². The zero-order valence-electron chi connectivity index (χ0n) is 10.6. The number of nitrogens with one attached hydrogen (secondary N) is 1. The van der Waals surface area contributed by atoms with Crippen LogP contribution >= 0.6 is 11.6 Å². The number of unbranched alkanes of at least 4 members (excludes halogenated alkanes) is 1. The van der Waals surface area contributed by atoms with Crippen molar-refractivity contribution in [2.24, 2.45) is 0 Å². The summed E-state index contributed by atoms with van der Waals surface area (Å²) < 4.78 is 0. The van der Waals surface area contributed by atoms with E-state index in [0.717, 1.165) is 18.4 Å². The van der Waals surface area contributed by atoms with Crippen LogP contribution in [0.15, 0.2) is 30.0 Å². The third-order valence-electron chi connectivity index (χ3n) is 2.88. The van der Waals surface area contributed by atoms with Gasteiger partial charge in [0.2, 0.25) is 0 Å². The quantitative estimate of drug-likeness (QED) is 0.680. The molecule has 0 aromatic heterocycles. The minimum Gasteiger partial charge on any atom is -0.303 e. The molecule has 0 saturated carbocycles. The van der Waals surface area contributed by atoms with E-state index in [1.165, 1.54) is 4.90 Å². The number of hydrogen-bond acceptors (Lipinski definition) is 2. The van der Waals surface area contributed by atoms with Crippen molar-refractivity contribution in [1.29, 1.82) is 0 Å². The number of rotatable bonds is 4. The number of carbonyl (C=O) groups is 2. The van der Waals surface area contributed by atoms with Gasteiger partial charge in [-0.2, -0.15) is 0 Å². The Kier molecular flexibility index (Phi) is 4.22. The van der Waals surface area contributed by atoms with Gasteiger partial charge in [0.05, 0.1) is 0 Å². The Bertz CT molecular complexity index is 523. The zero-order valence-corrected chi connectivity index (χ0v) is 11.4. The van der Waals surface area contributed by atoms with Crippen molar-refractivity contribution in [2.75, 3.05) is 6.54 Å². The first-order valence-electron chi connectivity index (χ1n) is 6.22. The smallest absolute Gasteiger partial charge is 0.303 e. The van der Waals surface area contributed by atoms with Crippen molar-refractivity contribution in [3.8, 4) is 0 Å². The van der Waals surface area contributed by atoms with E-state index in [4.69, 9.17) is 11.6 Å². The summed E-state index contributed by atoms with van der Waals surface area (Å²) in [4.78, 5) is 25.0. The lowest BCUT2D eigenvalue weighted by molar-refractivity contribution is -0.122. The maximum Gasteiger partial charge on any atom is 0.329 e. The molecular formula is C14H15ClN2O2. The third-order valence-corrected chi connectivity index (χ3v) is 3.13. The van der Waals surface area contributed by atoms with Crippen molar-refractivity contribution in [1.82, 2.24) is 10.2 Å². The third kappa shape index (κ3) is 3.15. The number of urea groups is 1. The first-order chi connectivity index (χ1) is 9.11. The topological polar surface area (TPSA) is 49.4 Å². The summed E-state index contributed by atoms with van der Waals surface area (Å²) in [5.41, 5.74) is 1.13. The first kappa shape index (κ1) is 13.6. The van der Waals surface area contributed by atoms with E-state index in [2.05, 4.69) is 5.32 Å². The molecule has 0 unspecified atom stereocenters. The van der Waals surface area contributed by atoms with Gasteiger partial charge in [0.25, 0.3) is 5.91 Å². The van der Waals surface area contributed by atoms with E-state index >= 15 is 0 Å². The van der Waals surface area contributed by atoms with Gasteiger partial charge in [0.15, 0.2) is 0 Å². The molecule has 1 aliphatic heterocycles. The van der Waals surface area contributed by atoms with Crippen LogP contribution in [0.5, 0.6) is 0 Å². The van der Waals surface area contributed by atoms with Crippen LogP contribution in [0.1, 0.15) is 25.3 Å². The molecule has 1 aliphatic rings. The Morgan fingerprint density at radius 2 is 1.95 bits per heavy atom. The monoisotopic (exact) mass is 278 g/mol. The van der Waals surface area contributed by atoms with Gasteiger partial charge in [-0.1, -0.05) is 37.1 Å². The number of hydrogen-bond donors (Lipinski definition) is 1. The largest absolute Gasteiger partial charge is 0.329 e. The number of carbonyl (C=O) groups excluding carboxylic acids is 2. The molecule has 1 saturated heterocycles. The highest BCUT2D eigenvalue weighted by molar-refractivity contribution is 6.30. The van der Waals surface area contributed by atoms with Gasteiger partial charge in [0.1, 0.15) is 5.70 Å². The second kappa shape index (κ2) is 5.89. The van der Waals surface area contributed by atoms with Crippen molar-refractivity contribution in [2.45, 2.75) is 19.8 Å². The minimum atomic E-state index is -0.348. The molecule has 2 rings (SSSR count). The predicted octanol–water partition coefficient (Wildman–Crippen LogP) is 3.03. The highest BCUT2D eigenvalue weighted by atomic mass is 35.5. The highest BCUT2D eigenvalue weighted by Gasteiger charge is 2.32. The fourth-order valence-electron chi connectivity index (χ4n) is 1.82. The molecule has 100 valence electrons. The van der Waals surface area contributed by atoms with Crippen LogP contribution in [-0.2, 0) is 4.79 Å². The molecule has 0 aliphatic carbocycles. The van der Waals surface area contributed by atoms with Crippen LogP contribution in [0, 0.1) is 0 Å². The molecule has 0 spiro atoms. The van der Waals surface area contributed by atoms with Gasteiger partial charge in [-0.15, -0.1) is 0 Å². The van der Waals surface area contributed by atoms with E-state index in [1.807, 2.05) is 6.92 Å². The lowest BCUT2D eigenvalue weighted by Gasteiger charge is -2.09. The van der Waals surface area contributed by atoms with Gasteiger partial charge < -0.3 is 5.32 Å². The SMILES string of the molecule is CCCCN1C(=O)NC(=Cc2ccc(Cl)cc2)C1=O. The standard InChI is InChI=1S/C14H15ClN2O2/c1-2-3-8-17-13(18)12(16-14(17)19)9-10-4-6-11(15)7-5-10/h4-7,9H,2-3,8H2,1H3,(H,16,19). The number of nitrogens with zero attached hydrogens (tertiary/aromatic N) is 1. The molecule has 0 radical (unpaired) electrons. The van der Waals surface area contributed by atoms with Gasteiger partial charge >= 0.3 is 6.03 Å². The molecule has 1 aromatic carbocycles. The molecule has 0 bridgehead atoms. The molecule has 5 heteroatoms. The summed E-state index contributed by atoms with van der Waals surface area (Å²) in [5.74, 6) is -0.270.